The van der Waals surface area contributed by atoms with Crippen molar-refractivity contribution in [3.05, 3.63) is 41.3 Å². The van der Waals surface area contributed by atoms with Crippen LogP contribution in [0.5, 0.6) is 0 Å². The lowest BCUT2D eigenvalue weighted by atomic mass is 10.1. The number of pyridine rings is 1. The smallest absolute Gasteiger partial charge is 0.255 e. The lowest BCUT2D eigenvalue weighted by Gasteiger charge is -2.30. The van der Waals surface area contributed by atoms with Gasteiger partial charge in [-0.25, -0.2) is 0 Å². The van der Waals surface area contributed by atoms with Crippen molar-refractivity contribution in [3.8, 4) is 0 Å². The van der Waals surface area contributed by atoms with E-state index in [4.69, 9.17) is 4.52 Å². The van der Waals surface area contributed by atoms with Crippen LogP contribution >= 0.6 is 0 Å². The van der Waals surface area contributed by atoms with E-state index in [1.807, 2.05) is 30.9 Å². The van der Waals surface area contributed by atoms with Crippen molar-refractivity contribution in [2.45, 2.75) is 40.2 Å². The van der Waals surface area contributed by atoms with Crippen molar-refractivity contribution >= 4 is 5.91 Å². The second-order valence-corrected chi connectivity index (χ2v) is 7.33. The van der Waals surface area contributed by atoms with Gasteiger partial charge in [0, 0.05) is 38.1 Å². The molecule has 0 N–H and O–H groups in total. The van der Waals surface area contributed by atoms with Crippen LogP contribution in [-0.4, -0.2) is 57.0 Å². The van der Waals surface area contributed by atoms with E-state index >= 15 is 0 Å². The fraction of sp³-hybridized carbons (Fsp3) is 0.579. The number of rotatable bonds is 4. The summed E-state index contributed by atoms with van der Waals surface area (Å²) >= 11 is 0. The number of carbonyl (C=O) groups is 1. The number of aryl methyl sites for hydroxylation is 2. The molecule has 1 atom stereocenters. The van der Waals surface area contributed by atoms with Crippen molar-refractivity contribution < 1.29 is 9.32 Å². The van der Waals surface area contributed by atoms with Crippen LogP contribution < -0.4 is 0 Å². The Morgan fingerprint density at radius 3 is 2.81 bits per heavy atom. The van der Waals surface area contributed by atoms with Gasteiger partial charge in [0.2, 0.25) is 5.89 Å². The van der Waals surface area contributed by atoms with E-state index in [1.165, 1.54) is 0 Å². The highest BCUT2D eigenvalue weighted by Crippen LogP contribution is 2.26. The average molecular weight is 357 g/mol. The predicted molar refractivity (Wildman–Crippen MR) is 97.7 cm³/mol. The van der Waals surface area contributed by atoms with Gasteiger partial charge in [-0.3, -0.25) is 14.7 Å². The summed E-state index contributed by atoms with van der Waals surface area (Å²) in [7, 11) is 0. The highest BCUT2D eigenvalue weighted by molar-refractivity contribution is 5.95. The van der Waals surface area contributed by atoms with Crippen molar-refractivity contribution in [2.75, 3.05) is 26.2 Å². The van der Waals surface area contributed by atoms with Crippen LogP contribution in [-0.2, 0) is 0 Å². The van der Waals surface area contributed by atoms with Gasteiger partial charge in [-0.1, -0.05) is 19.0 Å². The normalized spacial score (nSPS) is 19.0. The van der Waals surface area contributed by atoms with Crippen LogP contribution in [0.3, 0.4) is 0 Å². The Labute approximate surface area is 154 Å². The number of aromatic nitrogens is 3. The monoisotopic (exact) mass is 357 g/mol. The Bertz CT molecular complexity index is 758. The van der Waals surface area contributed by atoms with Crippen molar-refractivity contribution in [3.63, 3.8) is 0 Å². The molecular weight excluding hydrogens is 330 g/mol. The molecule has 1 fully saturated rings. The van der Waals surface area contributed by atoms with Crippen LogP contribution in [0.1, 0.15) is 54.1 Å². The minimum atomic E-state index is -0.0815. The Morgan fingerprint density at radius 2 is 2.15 bits per heavy atom. The van der Waals surface area contributed by atoms with E-state index in [1.54, 1.807) is 6.20 Å². The minimum absolute atomic E-state index is 0.0169. The maximum atomic E-state index is 13.1. The van der Waals surface area contributed by atoms with Crippen molar-refractivity contribution in [1.29, 1.82) is 0 Å². The van der Waals surface area contributed by atoms with Gasteiger partial charge in [-0.15, -0.1) is 0 Å². The zero-order chi connectivity index (χ0) is 18.7. The van der Waals surface area contributed by atoms with Gasteiger partial charge >= 0.3 is 0 Å². The SMILES string of the molecule is Cc1noc(C2CN(C(=O)c3cccnc3C)CCCN2CC(C)C)n1. The third kappa shape index (κ3) is 4.09. The van der Waals surface area contributed by atoms with Crippen molar-refractivity contribution in [1.82, 2.24) is 24.9 Å². The molecule has 0 saturated carbocycles. The molecule has 7 nitrogen and oxygen atoms in total. The van der Waals surface area contributed by atoms with Crippen LogP contribution in [0.4, 0.5) is 0 Å². The van der Waals surface area contributed by atoms with Crippen LogP contribution in [0.15, 0.2) is 22.9 Å². The van der Waals surface area contributed by atoms with Gasteiger partial charge in [0.25, 0.3) is 5.91 Å². The summed E-state index contributed by atoms with van der Waals surface area (Å²) in [5, 5.41) is 3.95. The Morgan fingerprint density at radius 1 is 1.35 bits per heavy atom. The zero-order valence-corrected chi connectivity index (χ0v) is 16.0. The minimum Gasteiger partial charge on any atom is -0.338 e. The van der Waals surface area contributed by atoms with Crippen LogP contribution in [0.2, 0.25) is 0 Å². The fourth-order valence-corrected chi connectivity index (χ4v) is 3.47. The average Bonchev–Trinajstić information content (AvgIpc) is 2.92. The molecule has 0 bridgehead atoms. The van der Waals surface area contributed by atoms with Gasteiger partial charge in [0.15, 0.2) is 5.82 Å². The summed E-state index contributed by atoms with van der Waals surface area (Å²) in [6.07, 6.45) is 2.63. The molecule has 0 spiro atoms. The maximum absolute atomic E-state index is 13.1. The first-order valence-electron chi connectivity index (χ1n) is 9.21. The number of hydrogen-bond acceptors (Lipinski definition) is 6. The third-order valence-electron chi connectivity index (χ3n) is 4.66. The van der Waals surface area contributed by atoms with E-state index in [9.17, 15) is 4.79 Å². The molecule has 3 heterocycles. The molecule has 0 aliphatic carbocycles. The lowest BCUT2D eigenvalue weighted by Crippen LogP contribution is -2.39. The first-order chi connectivity index (χ1) is 12.5. The molecule has 1 unspecified atom stereocenters. The standard InChI is InChI=1S/C19H27N5O2/c1-13(2)11-23-9-6-10-24(12-17(23)18-21-15(4)22-26-18)19(25)16-7-5-8-20-14(16)3/h5,7-8,13,17H,6,9-12H2,1-4H3. The second kappa shape index (κ2) is 7.95. The number of nitrogens with zero attached hydrogens (tertiary/aromatic N) is 5. The summed E-state index contributed by atoms with van der Waals surface area (Å²) in [6, 6.07) is 3.57. The van der Waals surface area contributed by atoms with Crippen molar-refractivity contribution in [2.24, 2.45) is 5.92 Å². The molecule has 0 aromatic carbocycles. The first-order valence-corrected chi connectivity index (χ1v) is 9.21. The quantitative estimate of drug-likeness (QED) is 0.837. The largest absolute Gasteiger partial charge is 0.338 e. The summed E-state index contributed by atoms with van der Waals surface area (Å²) in [5.41, 5.74) is 1.41. The van der Waals surface area contributed by atoms with Gasteiger partial charge < -0.3 is 9.42 Å². The van der Waals surface area contributed by atoms with E-state index in [2.05, 4.69) is 33.9 Å². The predicted octanol–water partition coefficient (Wildman–Crippen LogP) is 2.63. The van der Waals surface area contributed by atoms with Gasteiger partial charge in [0.1, 0.15) is 6.04 Å². The van der Waals surface area contributed by atoms with Crippen LogP contribution in [0.25, 0.3) is 0 Å². The summed E-state index contributed by atoms with van der Waals surface area (Å²) in [4.78, 5) is 26.0. The fourth-order valence-electron chi connectivity index (χ4n) is 3.47. The summed E-state index contributed by atoms with van der Waals surface area (Å²) in [5.74, 6) is 1.74. The number of amides is 1. The molecule has 1 aliphatic heterocycles. The molecule has 26 heavy (non-hydrogen) atoms. The highest BCUT2D eigenvalue weighted by Gasteiger charge is 2.33. The molecule has 2 aromatic rings. The molecule has 7 heteroatoms. The highest BCUT2D eigenvalue weighted by atomic mass is 16.5. The molecule has 1 amide bonds. The molecule has 3 rings (SSSR count). The van der Waals surface area contributed by atoms with E-state index in [-0.39, 0.29) is 11.9 Å². The Hall–Kier alpha value is -2.28. The number of hydrogen-bond donors (Lipinski definition) is 0. The summed E-state index contributed by atoms with van der Waals surface area (Å²) in [6.45, 7) is 11.2. The third-order valence-corrected chi connectivity index (χ3v) is 4.66. The molecule has 2 aromatic heterocycles. The topological polar surface area (TPSA) is 75.4 Å². The Kier molecular flexibility index (Phi) is 5.66. The Balaban J connectivity index is 1.87. The zero-order valence-electron chi connectivity index (χ0n) is 16.0. The lowest BCUT2D eigenvalue weighted by molar-refractivity contribution is 0.0707. The van der Waals surface area contributed by atoms with E-state index in [0.29, 0.717) is 36.3 Å². The second-order valence-electron chi connectivity index (χ2n) is 7.33. The van der Waals surface area contributed by atoms with Gasteiger partial charge in [-0.2, -0.15) is 4.98 Å². The van der Waals surface area contributed by atoms with E-state index in [0.717, 1.165) is 25.2 Å². The van der Waals surface area contributed by atoms with Gasteiger partial charge in [0.05, 0.1) is 5.56 Å². The summed E-state index contributed by atoms with van der Waals surface area (Å²) < 4.78 is 5.48. The van der Waals surface area contributed by atoms with E-state index < -0.39 is 0 Å². The van der Waals surface area contributed by atoms with Gasteiger partial charge in [-0.05, 0) is 38.3 Å². The first kappa shape index (κ1) is 18.5. The maximum Gasteiger partial charge on any atom is 0.255 e. The molecule has 1 saturated heterocycles. The molecule has 140 valence electrons. The molecule has 1 aliphatic rings. The molecule has 0 radical (unpaired) electrons. The van der Waals surface area contributed by atoms with Crippen LogP contribution in [0, 0.1) is 19.8 Å². The molecular formula is C19H27N5O2. The number of carbonyl (C=O) groups excluding carboxylic acids is 1.